The first kappa shape index (κ1) is 13.1. The van der Waals surface area contributed by atoms with Crippen LogP contribution in [0.25, 0.3) is 0 Å². The van der Waals surface area contributed by atoms with E-state index in [9.17, 15) is 0 Å². The van der Waals surface area contributed by atoms with Crippen LogP contribution in [-0.4, -0.2) is 23.0 Å². The average Bonchev–Trinajstić information content (AvgIpc) is 2.67. The lowest BCUT2D eigenvalue weighted by atomic mass is 10.2. The zero-order chi connectivity index (χ0) is 9.97. The topological polar surface area (TPSA) is 37.3 Å². The van der Waals surface area contributed by atoms with Gasteiger partial charge in [0, 0.05) is 12.7 Å². The maximum absolute atomic E-state index is 5.76. The van der Waals surface area contributed by atoms with E-state index in [1.807, 2.05) is 18.4 Å². The lowest BCUT2D eigenvalue weighted by Gasteiger charge is -2.03. The first-order chi connectivity index (χ1) is 6.79. The van der Waals surface area contributed by atoms with Crippen molar-refractivity contribution in [3.05, 3.63) is 29.0 Å². The molecule has 0 bridgehead atoms. The van der Waals surface area contributed by atoms with E-state index < -0.39 is 0 Å². The second-order valence-corrected chi connectivity index (χ2v) is 4.17. The smallest absolute Gasteiger partial charge is 0.157 e. The van der Waals surface area contributed by atoms with Crippen molar-refractivity contribution in [1.29, 1.82) is 0 Å². The Morgan fingerprint density at radius 3 is 2.87 bits per heavy atom. The summed E-state index contributed by atoms with van der Waals surface area (Å²) in [6.45, 7) is 0.824. The third-order valence-corrected chi connectivity index (χ3v) is 2.86. The second-order valence-electron chi connectivity index (χ2n) is 2.94. The Labute approximate surface area is 115 Å². The molecule has 82 valence electrons. The molecule has 2 heterocycles. The third kappa shape index (κ3) is 3.22. The molecule has 1 unspecified atom stereocenters. The Morgan fingerprint density at radius 1 is 1.53 bits per heavy atom. The fourth-order valence-electron chi connectivity index (χ4n) is 1.30. The number of rotatable bonds is 1. The third-order valence-electron chi connectivity index (χ3n) is 2.00. The molecule has 1 aliphatic rings. The number of hydrogen-bond acceptors (Lipinski definition) is 4. The number of amidine groups is 1. The number of pyridine rings is 1. The minimum atomic E-state index is 0. The summed E-state index contributed by atoms with van der Waals surface area (Å²) < 4.78 is 0. The van der Waals surface area contributed by atoms with Crippen molar-refractivity contribution in [2.24, 2.45) is 4.99 Å². The van der Waals surface area contributed by atoms with Crippen LogP contribution < -0.4 is 5.32 Å². The quantitative estimate of drug-likeness (QED) is 0.787. The van der Waals surface area contributed by atoms with Crippen LogP contribution in [0.4, 0.5) is 0 Å². The molecule has 0 aromatic carbocycles. The lowest BCUT2D eigenvalue weighted by molar-refractivity contribution is 0.726. The standard InChI is InChI=1S/C9H10ClN3S.HI/c1-14-9-12-5-8(13-9)7-3-2-6(10)4-11-7;/h2-4,8H,5H2,1H3,(H,12,13);1H. The van der Waals surface area contributed by atoms with Crippen molar-refractivity contribution in [3.63, 3.8) is 0 Å². The highest BCUT2D eigenvalue weighted by Gasteiger charge is 2.18. The molecule has 0 amide bonds. The van der Waals surface area contributed by atoms with Gasteiger partial charge in [0.2, 0.25) is 0 Å². The maximum Gasteiger partial charge on any atom is 0.157 e. The summed E-state index contributed by atoms with van der Waals surface area (Å²) in [5.74, 6) is 0. The van der Waals surface area contributed by atoms with Crippen LogP contribution in [0.5, 0.6) is 0 Å². The summed E-state index contributed by atoms with van der Waals surface area (Å²) in [5, 5.41) is 4.85. The number of halogens is 2. The van der Waals surface area contributed by atoms with Gasteiger partial charge in [-0.05, 0) is 18.4 Å². The van der Waals surface area contributed by atoms with Crippen molar-refractivity contribution >= 4 is 52.5 Å². The van der Waals surface area contributed by atoms with Gasteiger partial charge < -0.3 is 5.32 Å². The van der Waals surface area contributed by atoms with Crippen LogP contribution in [0.2, 0.25) is 5.02 Å². The van der Waals surface area contributed by atoms with E-state index in [4.69, 9.17) is 11.6 Å². The molecule has 0 radical (unpaired) electrons. The fraction of sp³-hybridized carbons (Fsp3) is 0.333. The van der Waals surface area contributed by atoms with E-state index in [0.717, 1.165) is 17.4 Å². The molecule has 1 N–H and O–H groups in total. The van der Waals surface area contributed by atoms with E-state index in [2.05, 4.69) is 15.3 Å². The average molecular weight is 356 g/mol. The van der Waals surface area contributed by atoms with Gasteiger partial charge in [-0.3, -0.25) is 9.98 Å². The largest absolute Gasteiger partial charge is 0.362 e. The fourth-order valence-corrected chi connectivity index (χ4v) is 1.87. The van der Waals surface area contributed by atoms with Crippen LogP contribution in [0.1, 0.15) is 11.7 Å². The van der Waals surface area contributed by atoms with Gasteiger partial charge in [0.1, 0.15) is 6.04 Å². The molecule has 1 aliphatic heterocycles. The van der Waals surface area contributed by atoms with Crippen LogP contribution in [0.15, 0.2) is 23.3 Å². The summed E-state index contributed by atoms with van der Waals surface area (Å²) in [7, 11) is 0. The molecule has 6 heteroatoms. The molecule has 0 aliphatic carbocycles. The molecule has 3 nitrogen and oxygen atoms in total. The van der Waals surface area contributed by atoms with Gasteiger partial charge in [0.25, 0.3) is 0 Å². The summed E-state index contributed by atoms with van der Waals surface area (Å²) in [6, 6.07) is 3.90. The van der Waals surface area contributed by atoms with Crippen molar-refractivity contribution in [2.75, 3.05) is 12.8 Å². The summed E-state index contributed by atoms with van der Waals surface area (Å²) in [6.07, 6.45) is 3.66. The first-order valence-electron chi connectivity index (χ1n) is 4.26. The van der Waals surface area contributed by atoms with Gasteiger partial charge >= 0.3 is 0 Å². The van der Waals surface area contributed by atoms with E-state index in [0.29, 0.717) is 5.02 Å². The van der Waals surface area contributed by atoms with Crippen molar-refractivity contribution in [3.8, 4) is 0 Å². The number of nitrogens with one attached hydrogen (secondary N) is 1. The molecular formula is C9H11ClIN3S. The van der Waals surface area contributed by atoms with Crippen molar-refractivity contribution < 1.29 is 0 Å². The van der Waals surface area contributed by atoms with Gasteiger partial charge in [-0.25, -0.2) is 0 Å². The van der Waals surface area contributed by atoms with Crippen LogP contribution in [0, 0.1) is 0 Å². The van der Waals surface area contributed by atoms with Gasteiger partial charge in [0.15, 0.2) is 5.17 Å². The van der Waals surface area contributed by atoms with Crippen LogP contribution >= 0.6 is 47.3 Å². The van der Waals surface area contributed by atoms with E-state index in [1.54, 1.807) is 18.0 Å². The molecule has 15 heavy (non-hydrogen) atoms. The molecule has 0 fully saturated rings. The zero-order valence-corrected chi connectivity index (χ0v) is 12.0. The van der Waals surface area contributed by atoms with Gasteiger partial charge in [-0.15, -0.1) is 24.0 Å². The minimum Gasteiger partial charge on any atom is -0.362 e. The molecule has 1 aromatic heterocycles. The molecular weight excluding hydrogens is 345 g/mol. The summed E-state index contributed by atoms with van der Waals surface area (Å²) in [5.41, 5.74) is 0.964. The highest BCUT2D eigenvalue weighted by atomic mass is 127. The number of aliphatic imine (C=N–C) groups is 1. The summed E-state index contributed by atoms with van der Waals surface area (Å²) in [4.78, 5) is 8.71. The zero-order valence-electron chi connectivity index (χ0n) is 8.11. The Hall–Kier alpha value is -0.0100. The molecule has 1 aromatic rings. The number of thioether (sulfide) groups is 1. The predicted octanol–water partition coefficient (Wildman–Crippen LogP) is 2.72. The van der Waals surface area contributed by atoms with E-state index >= 15 is 0 Å². The molecule has 0 spiro atoms. The first-order valence-corrected chi connectivity index (χ1v) is 5.87. The lowest BCUT2D eigenvalue weighted by Crippen LogP contribution is -2.16. The Balaban J connectivity index is 0.00000112. The molecule has 0 saturated heterocycles. The van der Waals surface area contributed by atoms with Gasteiger partial charge in [-0.1, -0.05) is 23.4 Å². The van der Waals surface area contributed by atoms with Crippen molar-refractivity contribution in [2.45, 2.75) is 6.04 Å². The Kier molecular flexibility index (Phi) is 5.14. The highest BCUT2D eigenvalue weighted by molar-refractivity contribution is 14.0. The maximum atomic E-state index is 5.76. The predicted molar refractivity (Wildman–Crippen MR) is 76.4 cm³/mol. The molecule has 2 rings (SSSR count). The van der Waals surface area contributed by atoms with Gasteiger partial charge in [0.05, 0.1) is 10.7 Å². The number of aromatic nitrogens is 1. The van der Waals surface area contributed by atoms with Gasteiger partial charge in [-0.2, -0.15) is 0 Å². The van der Waals surface area contributed by atoms with Crippen molar-refractivity contribution in [1.82, 2.24) is 10.3 Å². The SMILES string of the molecule is CSC1=NC(c2ccc(Cl)cn2)CN1.I. The minimum absolute atomic E-state index is 0. The molecule has 0 saturated carbocycles. The monoisotopic (exact) mass is 355 g/mol. The normalized spacial score (nSPS) is 19.1. The Morgan fingerprint density at radius 2 is 2.33 bits per heavy atom. The number of hydrogen-bond donors (Lipinski definition) is 1. The Bertz CT molecular complexity index is 355. The second kappa shape index (κ2) is 5.91. The molecule has 1 atom stereocenters. The van der Waals surface area contributed by atoms with E-state index in [-0.39, 0.29) is 30.0 Å². The highest BCUT2D eigenvalue weighted by Crippen LogP contribution is 2.21. The van der Waals surface area contributed by atoms with E-state index in [1.165, 1.54) is 0 Å². The number of nitrogens with zero attached hydrogens (tertiary/aromatic N) is 2. The summed E-state index contributed by atoms with van der Waals surface area (Å²) >= 11 is 7.38. The van der Waals surface area contributed by atoms with Crippen LogP contribution in [0.3, 0.4) is 0 Å². The van der Waals surface area contributed by atoms with Crippen LogP contribution in [-0.2, 0) is 0 Å².